The van der Waals surface area contributed by atoms with Gasteiger partial charge in [0.2, 0.25) is 0 Å². The zero-order chi connectivity index (χ0) is 12.4. The predicted molar refractivity (Wildman–Crippen MR) is 56.3 cm³/mol. The van der Waals surface area contributed by atoms with Crippen LogP contribution in [0.3, 0.4) is 0 Å². The number of carbonyl (C=O) groups excluding carboxylic acids is 1. The molecule has 6 heteroatoms. The van der Waals surface area contributed by atoms with E-state index in [-0.39, 0.29) is 6.42 Å². The van der Waals surface area contributed by atoms with Gasteiger partial charge < -0.3 is 5.73 Å². The average molecular weight is 251 g/mol. The molecule has 0 amide bonds. The van der Waals surface area contributed by atoms with Gasteiger partial charge in [-0.3, -0.25) is 4.79 Å². The van der Waals surface area contributed by atoms with Crippen molar-refractivity contribution in [1.29, 1.82) is 0 Å². The van der Waals surface area contributed by atoms with Crippen LogP contribution in [-0.4, -0.2) is 17.5 Å². The zero-order valence-corrected chi connectivity index (χ0v) is 9.49. The molecular weight excluding hydrogens is 239 g/mol. The number of rotatable bonds is 4. The van der Waals surface area contributed by atoms with Crippen LogP contribution in [-0.2, 0) is 11.2 Å². The van der Waals surface area contributed by atoms with Crippen molar-refractivity contribution >= 4 is 17.1 Å². The molecule has 0 saturated carbocycles. The van der Waals surface area contributed by atoms with E-state index >= 15 is 0 Å². The Morgan fingerprint density at radius 2 is 2.12 bits per heavy atom. The van der Waals surface area contributed by atoms with Crippen LogP contribution in [0.15, 0.2) is 16.8 Å². The molecule has 2 nitrogen and oxygen atoms in total. The average Bonchev–Trinajstić information content (AvgIpc) is 2.64. The van der Waals surface area contributed by atoms with E-state index in [9.17, 15) is 18.0 Å². The maximum atomic E-state index is 12.4. The minimum atomic E-state index is -4.70. The smallest absolute Gasteiger partial charge is 0.312 e. The number of halogens is 3. The fourth-order valence-electron chi connectivity index (χ4n) is 1.11. The van der Waals surface area contributed by atoms with Crippen molar-refractivity contribution in [2.24, 2.45) is 5.73 Å². The van der Waals surface area contributed by atoms with E-state index in [2.05, 4.69) is 0 Å². The first-order valence-electron chi connectivity index (χ1n) is 4.65. The standard InChI is InChI=1S/C10H12F3NOS/c1-9(14,10(11,12)13)8(15)3-2-7-4-5-16-6-7/h4-6H,2-3,14H2,1H3. The maximum Gasteiger partial charge on any atom is 0.413 e. The van der Waals surface area contributed by atoms with Crippen molar-refractivity contribution in [3.05, 3.63) is 22.4 Å². The van der Waals surface area contributed by atoms with E-state index in [0.29, 0.717) is 13.3 Å². The van der Waals surface area contributed by atoms with Gasteiger partial charge in [0, 0.05) is 6.42 Å². The second-order valence-corrected chi connectivity index (χ2v) is 4.53. The third kappa shape index (κ3) is 2.82. The largest absolute Gasteiger partial charge is 0.413 e. The molecule has 0 aliphatic carbocycles. The van der Waals surface area contributed by atoms with Gasteiger partial charge in [0.05, 0.1) is 0 Å². The second-order valence-electron chi connectivity index (χ2n) is 3.75. The molecule has 0 aromatic carbocycles. The Balaban J connectivity index is 2.59. The van der Waals surface area contributed by atoms with Crippen molar-refractivity contribution < 1.29 is 18.0 Å². The summed E-state index contributed by atoms with van der Waals surface area (Å²) in [6.07, 6.45) is -4.59. The van der Waals surface area contributed by atoms with Gasteiger partial charge in [0.15, 0.2) is 11.3 Å². The summed E-state index contributed by atoms with van der Waals surface area (Å²) in [6, 6.07) is 1.78. The summed E-state index contributed by atoms with van der Waals surface area (Å²) in [7, 11) is 0. The quantitative estimate of drug-likeness (QED) is 0.893. The Morgan fingerprint density at radius 1 is 1.50 bits per heavy atom. The molecule has 0 aliphatic heterocycles. The first-order chi connectivity index (χ1) is 7.25. The fourth-order valence-corrected chi connectivity index (χ4v) is 1.81. The molecule has 1 aromatic rings. The number of Topliss-reactive ketones (excluding diaryl/α,β-unsaturated/α-hetero) is 1. The Morgan fingerprint density at radius 3 is 2.56 bits per heavy atom. The number of ketones is 1. The zero-order valence-electron chi connectivity index (χ0n) is 8.67. The Hall–Kier alpha value is -0.880. The van der Waals surface area contributed by atoms with Gasteiger partial charge in [-0.2, -0.15) is 24.5 Å². The Labute approximate surface area is 95.3 Å². The lowest BCUT2D eigenvalue weighted by Gasteiger charge is -2.25. The molecule has 0 radical (unpaired) electrons. The SMILES string of the molecule is CC(N)(C(=O)CCc1ccsc1)C(F)(F)F. The van der Waals surface area contributed by atoms with Crippen molar-refractivity contribution in [1.82, 2.24) is 0 Å². The number of alkyl halides is 3. The summed E-state index contributed by atoms with van der Waals surface area (Å²) < 4.78 is 37.2. The van der Waals surface area contributed by atoms with Crippen molar-refractivity contribution in [2.45, 2.75) is 31.5 Å². The lowest BCUT2D eigenvalue weighted by molar-refractivity contribution is -0.186. The van der Waals surface area contributed by atoms with Crippen LogP contribution in [0.25, 0.3) is 0 Å². The molecule has 1 heterocycles. The number of hydrogen-bond acceptors (Lipinski definition) is 3. The Kier molecular flexibility index (Phi) is 3.75. The van der Waals surface area contributed by atoms with E-state index in [0.717, 1.165) is 5.56 Å². The van der Waals surface area contributed by atoms with Crippen LogP contribution in [0.1, 0.15) is 18.9 Å². The van der Waals surface area contributed by atoms with Gasteiger partial charge in [-0.05, 0) is 35.7 Å². The maximum absolute atomic E-state index is 12.4. The molecule has 90 valence electrons. The highest BCUT2D eigenvalue weighted by molar-refractivity contribution is 7.07. The molecule has 0 bridgehead atoms. The molecular formula is C10H12F3NOS. The van der Waals surface area contributed by atoms with Crippen molar-refractivity contribution in [2.75, 3.05) is 0 Å². The molecule has 0 spiro atoms. The van der Waals surface area contributed by atoms with Gasteiger partial charge >= 0.3 is 6.18 Å². The minimum absolute atomic E-state index is 0.191. The molecule has 1 aromatic heterocycles. The van der Waals surface area contributed by atoms with Crippen LogP contribution in [0, 0.1) is 0 Å². The van der Waals surface area contributed by atoms with Crippen molar-refractivity contribution in [3.63, 3.8) is 0 Å². The lowest BCUT2D eigenvalue weighted by atomic mass is 9.93. The first kappa shape index (κ1) is 13.2. The van der Waals surface area contributed by atoms with Crippen LogP contribution < -0.4 is 5.73 Å². The molecule has 1 atom stereocenters. The molecule has 0 aliphatic rings. The first-order valence-corrected chi connectivity index (χ1v) is 5.59. The predicted octanol–water partition coefficient (Wildman–Crippen LogP) is 2.53. The van der Waals surface area contributed by atoms with Crippen LogP contribution in [0.2, 0.25) is 0 Å². The summed E-state index contributed by atoms with van der Waals surface area (Å²) in [6.45, 7) is 0.711. The summed E-state index contributed by atoms with van der Waals surface area (Å²) >= 11 is 1.44. The topological polar surface area (TPSA) is 43.1 Å². The number of thiophene rings is 1. The third-order valence-electron chi connectivity index (χ3n) is 2.39. The van der Waals surface area contributed by atoms with E-state index in [1.165, 1.54) is 11.3 Å². The lowest BCUT2D eigenvalue weighted by Crippen LogP contribution is -2.57. The summed E-state index contributed by atoms with van der Waals surface area (Å²) in [5.41, 5.74) is 3.12. The molecule has 0 saturated heterocycles. The number of aryl methyl sites for hydroxylation is 1. The van der Waals surface area contributed by atoms with Gasteiger partial charge in [-0.15, -0.1) is 0 Å². The van der Waals surface area contributed by atoms with Crippen molar-refractivity contribution in [3.8, 4) is 0 Å². The normalized spacial score (nSPS) is 15.8. The van der Waals surface area contributed by atoms with Crippen LogP contribution in [0.5, 0.6) is 0 Å². The second kappa shape index (κ2) is 4.55. The van der Waals surface area contributed by atoms with Crippen LogP contribution in [0.4, 0.5) is 13.2 Å². The van der Waals surface area contributed by atoms with E-state index in [1.807, 2.05) is 5.38 Å². The highest BCUT2D eigenvalue weighted by Crippen LogP contribution is 2.29. The van der Waals surface area contributed by atoms with E-state index < -0.39 is 17.5 Å². The Bertz CT molecular complexity index is 357. The van der Waals surface area contributed by atoms with Gasteiger partial charge in [-0.1, -0.05) is 0 Å². The number of hydrogen-bond donors (Lipinski definition) is 1. The van der Waals surface area contributed by atoms with Crippen LogP contribution >= 0.6 is 11.3 Å². The number of carbonyl (C=O) groups is 1. The van der Waals surface area contributed by atoms with Gasteiger partial charge in [-0.25, -0.2) is 0 Å². The molecule has 1 rings (SSSR count). The highest BCUT2D eigenvalue weighted by atomic mass is 32.1. The van der Waals surface area contributed by atoms with Gasteiger partial charge in [0.1, 0.15) is 0 Å². The third-order valence-corrected chi connectivity index (χ3v) is 3.12. The highest BCUT2D eigenvalue weighted by Gasteiger charge is 2.52. The minimum Gasteiger partial charge on any atom is -0.312 e. The molecule has 1 unspecified atom stereocenters. The molecule has 2 N–H and O–H groups in total. The van der Waals surface area contributed by atoms with E-state index in [1.54, 1.807) is 11.4 Å². The summed E-state index contributed by atoms with van der Waals surface area (Å²) in [4.78, 5) is 11.4. The summed E-state index contributed by atoms with van der Waals surface area (Å²) in [5.74, 6) is -0.980. The molecule has 0 fully saturated rings. The molecule has 16 heavy (non-hydrogen) atoms. The number of nitrogens with two attached hydrogens (primary N) is 1. The van der Waals surface area contributed by atoms with Gasteiger partial charge in [0.25, 0.3) is 0 Å². The van der Waals surface area contributed by atoms with E-state index in [4.69, 9.17) is 5.73 Å². The monoisotopic (exact) mass is 251 g/mol. The fraction of sp³-hybridized carbons (Fsp3) is 0.500. The summed E-state index contributed by atoms with van der Waals surface area (Å²) in [5, 5.41) is 3.61.